The van der Waals surface area contributed by atoms with E-state index in [4.69, 9.17) is 0 Å². The average Bonchev–Trinajstić information content (AvgIpc) is 2.89. The third-order valence-corrected chi connectivity index (χ3v) is 4.03. The summed E-state index contributed by atoms with van der Waals surface area (Å²) < 4.78 is 2.94. The van der Waals surface area contributed by atoms with Crippen LogP contribution in [0, 0.1) is 0 Å². The number of carbonyl (C=O) groups is 1. The lowest BCUT2D eigenvalue weighted by atomic mass is 10.2. The van der Waals surface area contributed by atoms with E-state index in [1.54, 1.807) is 42.1 Å². The molecule has 3 rings (SSSR count). The number of carbonyl (C=O) groups excluding carboxylic acids is 1. The van der Waals surface area contributed by atoms with Crippen molar-refractivity contribution in [1.29, 1.82) is 0 Å². The third kappa shape index (κ3) is 2.56. The molecule has 2 heterocycles. The maximum atomic E-state index is 12.1. The Morgan fingerprint density at radius 3 is 2.82 bits per heavy atom. The summed E-state index contributed by atoms with van der Waals surface area (Å²) >= 11 is 1.33. The quantitative estimate of drug-likeness (QED) is 0.733. The van der Waals surface area contributed by atoms with Crippen molar-refractivity contribution in [1.82, 2.24) is 14.1 Å². The zero-order valence-electron chi connectivity index (χ0n) is 11.6. The largest absolute Gasteiger partial charge is 0.329 e. The summed E-state index contributed by atoms with van der Waals surface area (Å²) in [5.41, 5.74) is -0.677. The number of hydrogen-bond acceptors (Lipinski definition) is 4. The molecule has 0 saturated heterocycles. The molecule has 3 aromatic rings. The second kappa shape index (κ2) is 5.57. The van der Waals surface area contributed by atoms with Gasteiger partial charge in [0.25, 0.3) is 11.5 Å². The van der Waals surface area contributed by atoms with E-state index in [0.29, 0.717) is 15.7 Å². The van der Waals surface area contributed by atoms with Crippen LogP contribution < -0.4 is 16.1 Å². The van der Waals surface area contributed by atoms with Crippen LogP contribution in [-0.4, -0.2) is 20.0 Å². The van der Waals surface area contributed by atoms with Crippen molar-refractivity contribution < 1.29 is 4.79 Å². The normalized spacial score (nSPS) is 12.0. The van der Waals surface area contributed by atoms with Crippen LogP contribution in [0.4, 0.5) is 0 Å². The molecule has 0 spiro atoms. The molecule has 2 aromatic heterocycles. The number of amides is 1. The van der Waals surface area contributed by atoms with Gasteiger partial charge in [0.15, 0.2) is 4.80 Å². The van der Waals surface area contributed by atoms with Crippen LogP contribution in [0.15, 0.2) is 50.4 Å². The van der Waals surface area contributed by atoms with E-state index in [1.165, 1.54) is 15.9 Å². The first kappa shape index (κ1) is 14.2. The molecule has 0 saturated carbocycles. The zero-order valence-corrected chi connectivity index (χ0v) is 12.5. The molecule has 1 aromatic carbocycles. The zero-order chi connectivity index (χ0) is 15.7. The molecule has 0 aliphatic rings. The smallest absolute Gasteiger partial charge is 0.327 e. The molecule has 0 bridgehead atoms. The summed E-state index contributed by atoms with van der Waals surface area (Å²) in [6.45, 7) is -0.228. The summed E-state index contributed by atoms with van der Waals surface area (Å²) in [5, 5.41) is 2.17. The number of thiazole rings is 1. The predicted octanol–water partition coefficient (Wildman–Crippen LogP) is 0.217. The van der Waals surface area contributed by atoms with Crippen LogP contribution in [0.2, 0.25) is 0 Å². The fourth-order valence-electron chi connectivity index (χ4n) is 2.11. The van der Waals surface area contributed by atoms with Gasteiger partial charge in [-0.2, -0.15) is 4.99 Å². The maximum absolute atomic E-state index is 12.1. The van der Waals surface area contributed by atoms with Crippen molar-refractivity contribution in [3.05, 3.63) is 61.5 Å². The van der Waals surface area contributed by atoms with Gasteiger partial charge in [-0.25, -0.2) is 4.79 Å². The van der Waals surface area contributed by atoms with Gasteiger partial charge in [-0.15, -0.1) is 11.3 Å². The van der Waals surface area contributed by atoms with Crippen LogP contribution >= 0.6 is 11.3 Å². The number of hydrogen-bond donors (Lipinski definition) is 1. The minimum atomic E-state index is -0.622. The maximum Gasteiger partial charge on any atom is 0.329 e. The first-order valence-electron chi connectivity index (χ1n) is 6.46. The summed E-state index contributed by atoms with van der Waals surface area (Å²) in [6.07, 6.45) is 1.79. The molecule has 112 valence electrons. The van der Waals surface area contributed by atoms with Crippen molar-refractivity contribution >= 4 is 28.1 Å². The van der Waals surface area contributed by atoms with E-state index in [9.17, 15) is 14.4 Å². The first-order valence-corrected chi connectivity index (χ1v) is 7.34. The fourth-order valence-corrected chi connectivity index (χ4v) is 2.86. The first-order chi connectivity index (χ1) is 10.6. The monoisotopic (exact) mass is 316 g/mol. The Labute approximate surface area is 127 Å². The van der Waals surface area contributed by atoms with E-state index in [1.807, 2.05) is 5.38 Å². The van der Waals surface area contributed by atoms with Gasteiger partial charge >= 0.3 is 5.69 Å². The Morgan fingerprint density at radius 1 is 1.32 bits per heavy atom. The van der Waals surface area contributed by atoms with Crippen LogP contribution in [0.3, 0.4) is 0 Å². The fraction of sp³-hybridized carbons (Fsp3) is 0.143. The Hall–Kier alpha value is -2.74. The van der Waals surface area contributed by atoms with Gasteiger partial charge in [0.05, 0.1) is 10.9 Å². The highest BCUT2D eigenvalue weighted by atomic mass is 32.1. The third-order valence-electron chi connectivity index (χ3n) is 3.18. The van der Waals surface area contributed by atoms with Crippen LogP contribution in [0.1, 0.15) is 0 Å². The van der Waals surface area contributed by atoms with Gasteiger partial charge in [-0.05, 0) is 12.1 Å². The predicted molar refractivity (Wildman–Crippen MR) is 82.7 cm³/mol. The minimum absolute atomic E-state index is 0.228. The van der Waals surface area contributed by atoms with Gasteiger partial charge in [0.2, 0.25) is 0 Å². The lowest BCUT2D eigenvalue weighted by Crippen LogP contribution is -2.32. The highest BCUT2D eigenvalue weighted by Gasteiger charge is 2.10. The SMILES string of the molecule is Cn1ccsc1=NC(=O)Cn1c(=O)[nH]c(=O)c2ccccc21. The van der Waals surface area contributed by atoms with Gasteiger partial charge in [0.1, 0.15) is 6.54 Å². The number of nitrogens with zero attached hydrogens (tertiary/aromatic N) is 3. The molecule has 1 N–H and O–H groups in total. The number of nitrogens with one attached hydrogen (secondary N) is 1. The molecular weight excluding hydrogens is 304 g/mol. The van der Waals surface area contributed by atoms with Gasteiger partial charge in [-0.3, -0.25) is 19.1 Å². The minimum Gasteiger partial charge on any atom is -0.327 e. The van der Waals surface area contributed by atoms with E-state index < -0.39 is 17.2 Å². The molecule has 1 amide bonds. The van der Waals surface area contributed by atoms with Crippen molar-refractivity contribution in [2.24, 2.45) is 12.0 Å². The molecule has 22 heavy (non-hydrogen) atoms. The number of benzene rings is 1. The molecule has 7 nitrogen and oxygen atoms in total. The molecule has 0 atom stereocenters. The number of para-hydroxylation sites is 1. The molecule has 0 aliphatic heterocycles. The highest BCUT2D eigenvalue weighted by Crippen LogP contribution is 2.06. The lowest BCUT2D eigenvalue weighted by molar-refractivity contribution is -0.118. The average molecular weight is 316 g/mol. The van der Waals surface area contributed by atoms with Gasteiger partial charge in [0, 0.05) is 18.6 Å². The number of fused-ring (bicyclic) bond motifs is 1. The standard InChI is InChI=1S/C14H12N4O3S/c1-17-6-7-22-14(17)15-11(19)8-18-10-5-3-2-4-9(10)12(20)16-13(18)21/h2-7H,8H2,1H3,(H,16,20,21). The summed E-state index contributed by atoms with van der Waals surface area (Å²) in [5.74, 6) is -0.461. The summed E-state index contributed by atoms with van der Waals surface area (Å²) in [4.78, 5) is 42.6. The van der Waals surface area contributed by atoms with Crippen molar-refractivity contribution in [2.75, 3.05) is 0 Å². The van der Waals surface area contributed by atoms with E-state index >= 15 is 0 Å². The molecular formula is C14H12N4O3S. The summed E-state index contributed by atoms with van der Waals surface area (Å²) in [7, 11) is 1.78. The molecule has 0 radical (unpaired) electrons. The lowest BCUT2D eigenvalue weighted by Gasteiger charge is -2.06. The molecule has 8 heteroatoms. The second-order valence-corrected chi connectivity index (χ2v) is 5.54. The number of aryl methyl sites for hydroxylation is 1. The number of H-pyrrole nitrogens is 1. The van der Waals surface area contributed by atoms with Crippen LogP contribution in [-0.2, 0) is 18.4 Å². The Balaban J connectivity index is 2.09. The molecule has 0 unspecified atom stereocenters. The summed E-state index contributed by atoms with van der Waals surface area (Å²) in [6, 6.07) is 6.64. The number of aromatic nitrogens is 3. The number of rotatable bonds is 2. The van der Waals surface area contributed by atoms with Gasteiger partial charge < -0.3 is 4.57 Å². The van der Waals surface area contributed by atoms with Crippen molar-refractivity contribution in [2.45, 2.75) is 6.54 Å². The Bertz CT molecular complexity index is 1040. The van der Waals surface area contributed by atoms with Crippen molar-refractivity contribution in [3.8, 4) is 0 Å². The van der Waals surface area contributed by atoms with E-state index in [0.717, 1.165) is 0 Å². The number of aromatic amines is 1. The van der Waals surface area contributed by atoms with Crippen molar-refractivity contribution in [3.63, 3.8) is 0 Å². The van der Waals surface area contributed by atoms with Crippen LogP contribution in [0.5, 0.6) is 0 Å². The van der Waals surface area contributed by atoms with E-state index in [2.05, 4.69) is 9.98 Å². The van der Waals surface area contributed by atoms with E-state index in [-0.39, 0.29) is 6.54 Å². The second-order valence-electron chi connectivity index (χ2n) is 4.66. The highest BCUT2D eigenvalue weighted by molar-refractivity contribution is 7.07. The van der Waals surface area contributed by atoms with Gasteiger partial charge in [-0.1, -0.05) is 12.1 Å². The molecule has 0 aliphatic carbocycles. The topological polar surface area (TPSA) is 89.2 Å². The Morgan fingerprint density at radius 2 is 2.09 bits per heavy atom. The Kier molecular flexibility index (Phi) is 3.60. The molecule has 0 fully saturated rings. The van der Waals surface area contributed by atoms with Crippen LogP contribution in [0.25, 0.3) is 10.9 Å².